The number of thiophene rings is 1. The van der Waals surface area contributed by atoms with E-state index in [9.17, 15) is 0 Å². The molecule has 0 radical (unpaired) electrons. The number of rotatable bonds is 4. The minimum Gasteiger partial charge on any atom is -0.344 e. The van der Waals surface area contributed by atoms with Crippen LogP contribution in [0.2, 0.25) is 0 Å². The molecule has 1 aliphatic carbocycles. The lowest BCUT2D eigenvalue weighted by Crippen LogP contribution is -2.17. The standard InChI is InChI=1S/C54H44N2S/c1-53(2,3)34-14-13-15-35(29-34)56(37-23-26-40-39-17-9-11-20-48(39)55(6)49(40)31-37)36-24-27-44-46(30-36)54(4,5)47-32-45(38-16-7-8-19-43(38)52(44)47)33-22-25-42-41-18-10-12-21-50(41)57-51(42)28-33/h7-32H,1-6H3. The van der Waals surface area contributed by atoms with Gasteiger partial charge < -0.3 is 9.47 Å². The Morgan fingerprint density at radius 1 is 0.491 bits per heavy atom. The van der Waals surface area contributed by atoms with Crippen LogP contribution < -0.4 is 4.90 Å². The number of hydrogen-bond donors (Lipinski definition) is 0. The van der Waals surface area contributed by atoms with Gasteiger partial charge in [-0.3, -0.25) is 0 Å². The molecule has 0 atom stereocenters. The normalized spacial score (nSPS) is 13.6. The molecular weight excluding hydrogens is 709 g/mol. The van der Waals surface area contributed by atoms with Gasteiger partial charge in [0.1, 0.15) is 0 Å². The summed E-state index contributed by atoms with van der Waals surface area (Å²) in [5.41, 5.74) is 15.1. The quantitative estimate of drug-likeness (QED) is 0.174. The van der Waals surface area contributed by atoms with Crippen molar-refractivity contribution in [2.75, 3.05) is 4.90 Å². The fourth-order valence-corrected chi connectivity index (χ4v) is 10.8. The largest absolute Gasteiger partial charge is 0.344 e. The van der Waals surface area contributed by atoms with Crippen LogP contribution in [0.15, 0.2) is 158 Å². The number of benzene rings is 8. The van der Waals surface area contributed by atoms with Gasteiger partial charge in [-0.05, 0) is 116 Å². The zero-order valence-electron chi connectivity index (χ0n) is 33.3. The van der Waals surface area contributed by atoms with E-state index in [-0.39, 0.29) is 10.8 Å². The number of aryl methyl sites for hydroxylation is 1. The van der Waals surface area contributed by atoms with E-state index in [0.717, 1.165) is 11.4 Å². The minimum atomic E-state index is -0.222. The number of aromatic nitrogens is 1. The third-order valence-corrected chi connectivity index (χ3v) is 13.9. The number of hydrogen-bond acceptors (Lipinski definition) is 2. The van der Waals surface area contributed by atoms with Crippen LogP contribution in [0.25, 0.3) is 75.0 Å². The summed E-state index contributed by atoms with van der Waals surface area (Å²) in [4.78, 5) is 2.47. The van der Waals surface area contributed by atoms with Gasteiger partial charge in [0.25, 0.3) is 0 Å². The summed E-state index contributed by atoms with van der Waals surface area (Å²) in [6, 6.07) is 59.4. The summed E-state index contributed by atoms with van der Waals surface area (Å²) in [6.45, 7) is 11.7. The van der Waals surface area contributed by atoms with Crippen LogP contribution in [0.3, 0.4) is 0 Å². The van der Waals surface area contributed by atoms with Crippen molar-refractivity contribution in [3.8, 4) is 22.3 Å². The molecule has 0 aliphatic heterocycles. The Morgan fingerprint density at radius 2 is 1.14 bits per heavy atom. The number of anilines is 3. The van der Waals surface area contributed by atoms with Crippen molar-refractivity contribution in [2.45, 2.75) is 45.4 Å². The van der Waals surface area contributed by atoms with Crippen LogP contribution in [-0.4, -0.2) is 4.57 Å². The van der Waals surface area contributed by atoms with Gasteiger partial charge in [-0.2, -0.15) is 0 Å². The van der Waals surface area contributed by atoms with Crippen LogP contribution in [0.4, 0.5) is 17.1 Å². The summed E-state index contributed by atoms with van der Waals surface area (Å²) in [5.74, 6) is 0. The lowest BCUT2D eigenvalue weighted by molar-refractivity contribution is 0.590. The van der Waals surface area contributed by atoms with E-state index in [4.69, 9.17) is 0 Å². The molecule has 10 aromatic rings. The number of nitrogens with zero attached hydrogens (tertiary/aromatic N) is 2. The second kappa shape index (κ2) is 12.2. The van der Waals surface area contributed by atoms with E-state index in [1.165, 1.54) is 97.4 Å². The van der Waals surface area contributed by atoms with E-state index in [1.54, 1.807) is 0 Å². The van der Waals surface area contributed by atoms with Gasteiger partial charge in [0.05, 0.1) is 5.52 Å². The topological polar surface area (TPSA) is 8.17 Å². The first-order valence-electron chi connectivity index (χ1n) is 20.1. The molecule has 2 heterocycles. The van der Waals surface area contributed by atoms with Gasteiger partial charge in [-0.1, -0.05) is 132 Å². The molecule has 0 N–H and O–H groups in total. The van der Waals surface area contributed by atoms with Crippen molar-refractivity contribution in [3.63, 3.8) is 0 Å². The fraction of sp³-hybridized carbons (Fsp3) is 0.148. The molecule has 2 aromatic heterocycles. The highest BCUT2D eigenvalue weighted by atomic mass is 32.1. The van der Waals surface area contributed by atoms with Crippen molar-refractivity contribution in [3.05, 3.63) is 174 Å². The highest BCUT2D eigenvalue weighted by Gasteiger charge is 2.38. The van der Waals surface area contributed by atoms with Gasteiger partial charge in [-0.15, -0.1) is 11.3 Å². The maximum absolute atomic E-state index is 2.50. The first kappa shape index (κ1) is 34.1. The molecule has 0 saturated carbocycles. The Morgan fingerprint density at radius 3 is 1.96 bits per heavy atom. The molecule has 0 fully saturated rings. The molecular formula is C54H44N2S. The zero-order chi connectivity index (χ0) is 38.8. The maximum atomic E-state index is 2.50. The Balaban J connectivity index is 1.10. The van der Waals surface area contributed by atoms with Gasteiger partial charge >= 0.3 is 0 Å². The van der Waals surface area contributed by atoms with E-state index < -0.39 is 0 Å². The van der Waals surface area contributed by atoms with E-state index >= 15 is 0 Å². The Kier molecular flexibility index (Phi) is 7.28. The SMILES string of the molecule is Cn1c2ccccc2c2ccc(N(c3cccc(C(C)(C)C)c3)c3ccc4c(c3)C(C)(C)c3cc(-c5ccc6c(c5)sc5ccccc56)c5ccccc5c3-4)cc21. The average Bonchev–Trinajstić information content (AvgIpc) is 3.81. The molecule has 0 spiro atoms. The van der Waals surface area contributed by atoms with E-state index in [1.807, 2.05) is 11.3 Å². The summed E-state index contributed by atoms with van der Waals surface area (Å²) in [5, 5.41) is 7.86. The molecule has 57 heavy (non-hydrogen) atoms. The predicted octanol–water partition coefficient (Wildman–Crippen LogP) is 15.6. The Labute approximate surface area is 338 Å². The molecule has 8 aromatic carbocycles. The molecule has 0 bridgehead atoms. The van der Waals surface area contributed by atoms with Gasteiger partial charge in [-0.25, -0.2) is 0 Å². The van der Waals surface area contributed by atoms with Gasteiger partial charge in [0, 0.05) is 66.0 Å². The first-order chi connectivity index (χ1) is 27.6. The Bertz CT molecular complexity index is 3280. The molecule has 3 heteroatoms. The monoisotopic (exact) mass is 752 g/mol. The van der Waals surface area contributed by atoms with Crippen molar-refractivity contribution in [1.82, 2.24) is 4.57 Å². The lowest BCUT2D eigenvalue weighted by Gasteiger charge is -2.29. The third kappa shape index (κ3) is 5.08. The smallest absolute Gasteiger partial charge is 0.0509 e. The molecule has 0 unspecified atom stereocenters. The van der Waals surface area contributed by atoms with Crippen LogP contribution in [0.1, 0.15) is 51.3 Å². The van der Waals surface area contributed by atoms with Crippen molar-refractivity contribution >= 4 is 81.1 Å². The minimum absolute atomic E-state index is 0.0172. The second-order valence-electron chi connectivity index (χ2n) is 17.5. The third-order valence-electron chi connectivity index (χ3n) is 12.7. The Hall–Kier alpha value is -6.16. The molecule has 0 amide bonds. The summed E-state index contributed by atoms with van der Waals surface area (Å²) < 4.78 is 5.01. The summed E-state index contributed by atoms with van der Waals surface area (Å²) >= 11 is 1.89. The molecule has 276 valence electrons. The molecule has 0 saturated heterocycles. The number of para-hydroxylation sites is 1. The molecule has 2 nitrogen and oxygen atoms in total. The predicted molar refractivity (Wildman–Crippen MR) is 247 cm³/mol. The zero-order valence-corrected chi connectivity index (χ0v) is 34.1. The average molecular weight is 753 g/mol. The van der Waals surface area contributed by atoms with Crippen molar-refractivity contribution in [1.29, 1.82) is 0 Å². The van der Waals surface area contributed by atoms with Crippen molar-refractivity contribution in [2.24, 2.45) is 7.05 Å². The fourth-order valence-electron chi connectivity index (χ4n) is 9.69. The van der Waals surface area contributed by atoms with Crippen LogP contribution in [0, 0.1) is 0 Å². The van der Waals surface area contributed by atoms with Crippen LogP contribution in [-0.2, 0) is 17.9 Å². The van der Waals surface area contributed by atoms with Gasteiger partial charge in [0.2, 0.25) is 0 Å². The highest BCUT2D eigenvalue weighted by Crippen LogP contribution is 2.55. The highest BCUT2D eigenvalue weighted by molar-refractivity contribution is 7.25. The second-order valence-corrected chi connectivity index (χ2v) is 18.6. The summed E-state index contributed by atoms with van der Waals surface area (Å²) in [7, 11) is 2.19. The molecule has 11 rings (SSSR count). The van der Waals surface area contributed by atoms with Crippen molar-refractivity contribution < 1.29 is 0 Å². The van der Waals surface area contributed by atoms with E-state index in [2.05, 4.69) is 209 Å². The van der Waals surface area contributed by atoms with E-state index in [0.29, 0.717) is 0 Å². The van der Waals surface area contributed by atoms with Crippen LogP contribution in [0.5, 0.6) is 0 Å². The summed E-state index contributed by atoms with van der Waals surface area (Å²) in [6.07, 6.45) is 0. The lowest BCUT2D eigenvalue weighted by atomic mass is 9.80. The number of fused-ring (bicyclic) bond motifs is 11. The van der Waals surface area contributed by atoms with Gasteiger partial charge in [0.15, 0.2) is 0 Å². The molecule has 1 aliphatic rings. The van der Waals surface area contributed by atoms with Crippen LogP contribution >= 0.6 is 11.3 Å². The first-order valence-corrected chi connectivity index (χ1v) is 20.9. The maximum Gasteiger partial charge on any atom is 0.0509 e.